The van der Waals surface area contributed by atoms with Crippen LogP contribution in [0.5, 0.6) is 0 Å². The fraction of sp³-hybridized carbons (Fsp3) is 0.714. The SMILES string of the molecule is CN1CCC([C@@H]2CCCN2c2ncccn2)CC1. The minimum atomic E-state index is 0.668. The van der Waals surface area contributed by atoms with Crippen LogP contribution in [0.2, 0.25) is 0 Å². The Morgan fingerprint density at radius 2 is 1.78 bits per heavy atom. The summed E-state index contributed by atoms with van der Waals surface area (Å²) in [6.07, 6.45) is 8.95. The lowest BCUT2D eigenvalue weighted by Gasteiger charge is -2.36. The van der Waals surface area contributed by atoms with Crippen molar-refractivity contribution in [2.45, 2.75) is 31.7 Å². The zero-order valence-electron chi connectivity index (χ0n) is 11.1. The van der Waals surface area contributed by atoms with E-state index in [0.29, 0.717) is 6.04 Å². The van der Waals surface area contributed by atoms with Gasteiger partial charge in [-0.3, -0.25) is 0 Å². The van der Waals surface area contributed by atoms with Crippen LogP contribution < -0.4 is 4.90 Å². The van der Waals surface area contributed by atoms with Crippen molar-refractivity contribution in [1.29, 1.82) is 0 Å². The molecule has 3 heterocycles. The third kappa shape index (κ3) is 2.34. The molecule has 0 radical (unpaired) electrons. The Labute approximate surface area is 109 Å². The second kappa shape index (κ2) is 5.22. The van der Waals surface area contributed by atoms with Crippen LogP contribution in [0.25, 0.3) is 0 Å². The molecule has 18 heavy (non-hydrogen) atoms. The fourth-order valence-electron chi connectivity index (χ4n) is 3.38. The van der Waals surface area contributed by atoms with Crippen LogP contribution in [-0.2, 0) is 0 Å². The molecule has 0 amide bonds. The molecule has 0 saturated carbocycles. The van der Waals surface area contributed by atoms with E-state index in [0.717, 1.165) is 18.4 Å². The van der Waals surface area contributed by atoms with Gasteiger partial charge in [0.15, 0.2) is 0 Å². The molecule has 98 valence electrons. The minimum Gasteiger partial charge on any atom is -0.338 e. The van der Waals surface area contributed by atoms with Gasteiger partial charge in [0.25, 0.3) is 0 Å². The Morgan fingerprint density at radius 1 is 1.06 bits per heavy atom. The average molecular weight is 246 g/mol. The number of hydrogen-bond acceptors (Lipinski definition) is 4. The van der Waals surface area contributed by atoms with Crippen molar-refractivity contribution in [2.24, 2.45) is 5.92 Å². The smallest absolute Gasteiger partial charge is 0.225 e. The van der Waals surface area contributed by atoms with E-state index in [4.69, 9.17) is 0 Å². The quantitative estimate of drug-likeness (QED) is 0.796. The van der Waals surface area contributed by atoms with Gasteiger partial charge < -0.3 is 9.80 Å². The van der Waals surface area contributed by atoms with E-state index in [1.165, 1.54) is 38.8 Å². The molecule has 3 rings (SSSR count). The molecule has 0 spiro atoms. The van der Waals surface area contributed by atoms with Crippen LogP contribution >= 0.6 is 0 Å². The van der Waals surface area contributed by atoms with Crippen molar-refractivity contribution in [3.8, 4) is 0 Å². The standard InChI is InChI=1S/C14H22N4/c1-17-10-5-12(6-11-17)13-4-2-9-18(13)14-15-7-3-8-16-14/h3,7-8,12-13H,2,4-6,9-11H2,1H3/t13-/m0/s1. The maximum Gasteiger partial charge on any atom is 0.225 e. The summed E-state index contributed by atoms with van der Waals surface area (Å²) in [5.74, 6) is 1.76. The van der Waals surface area contributed by atoms with Crippen molar-refractivity contribution in [1.82, 2.24) is 14.9 Å². The molecule has 0 unspecified atom stereocenters. The maximum absolute atomic E-state index is 4.43. The third-order valence-corrected chi connectivity index (χ3v) is 4.42. The second-order valence-electron chi connectivity index (χ2n) is 5.59. The highest BCUT2D eigenvalue weighted by Crippen LogP contribution is 2.32. The van der Waals surface area contributed by atoms with Crippen LogP contribution in [0, 0.1) is 5.92 Å². The van der Waals surface area contributed by atoms with E-state index < -0.39 is 0 Å². The Balaban J connectivity index is 1.71. The summed E-state index contributed by atoms with van der Waals surface area (Å²) in [6.45, 7) is 3.61. The average Bonchev–Trinajstić information content (AvgIpc) is 2.90. The summed E-state index contributed by atoms with van der Waals surface area (Å²) in [5.41, 5.74) is 0. The number of aromatic nitrogens is 2. The van der Waals surface area contributed by atoms with Crippen molar-refractivity contribution in [3.05, 3.63) is 18.5 Å². The molecular formula is C14H22N4. The summed E-state index contributed by atoms with van der Waals surface area (Å²) in [5, 5.41) is 0. The van der Waals surface area contributed by atoms with Gasteiger partial charge in [-0.25, -0.2) is 9.97 Å². The number of likely N-dealkylation sites (tertiary alicyclic amines) is 1. The Morgan fingerprint density at radius 3 is 2.50 bits per heavy atom. The molecule has 1 aromatic heterocycles. The minimum absolute atomic E-state index is 0.668. The van der Waals surface area contributed by atoms with E-state index in [2.05, 4.69) is 26.8 Å². The molecule has 2 saturated heterocycles. The highest BCUT2D eigenvalue weighted by Gasteiger charge is 2.34. The first kappa shape index (κ1) is 11.9. The molecule has 2 aliphatic rings. The van der Waals surface area contributed by atoms with Gasteiger partial charge >= 0.3 is 0 Å². The number of hydrogen-bond donors (Lipinski definition) is 0. The van der Waals surface area contributed by atoms with E-state index >= 15 is 0 Å². The van der Waals surface area contributed by atoms with Gasteiger partial charge in [0, 0.05) is 25.0 Å². The molecule has 2 aliphatic heterocycles. The third-order valence-electron chi connectivity index (χ3n) is 4.42. The monoisotopic (exact) mass is 246 g/mol. The Kier molecular flexibility index (Phi) is 3.46. The zero-order valence-corrected chi connectivity index (χ0v) is 11.1. The molecule has 1 aromatic rings. The second-order valence-corrected chi connectivity index (χ2v) is 5.59. The van der Waals surface area contributed by atoms with E-state index in [9.17, 15) is 0 Å². The molecule has 0 bridgehead atoms. The first-order valence-corrected chi connectivity index (χ1v) is 7.07. The van der Waals surface area contributed by atoms with Crippen LogP contribution in [0.3, 0.4) is 0 Å². The molecule has 4 heteroatoms. The van der Waals surface area contributed by atoms with Gasteiger partial charge in [-0.2, -0.15) is 0 Å². The summed E-state index contributed by atoms with van der Waals surface area (Å²) >= 11 is 0. The summed E-state index contributed by atoms with van der Waals surface area (Å²) in [7, 11) is 2.23. The van der Waals surface area contributed by atoms with Gasteiger partial charge in [0.1, 0.15) is 0 Å². The first-order chi connectivity index (χ1) is 8.84. The van der Waals surface area contributed by atoms with Gasteiger partial charge in [0.2, 0.25) is 5.95 Å². The predicted molar refractivity (Wildman–Crippen MR) is 72.6 cm³/mol. The van der Waals surface area contributed by atoms with Crippen LogP contribution in [-0.4, -0.2) is 47.6 Å². The molecule has 0 aromatic carbocycles. The topological polar surface area (TPSA) is 32.3 Å². The Bertz CT molecular complexity index is 373. The predicted octanol–water partition coefficient (Wildman–Crippen LogP) is 1.79. The fourth-order valence-corrected chi connectivity index (χ4v) is 3.38. The first-order valence-electron chi connectivity index (χ1n) is 7.07. The normalized spacial score (nSPS) is 26.7. The number of nitrogens with zero attached hydrogens (tertiary/aromatic N) is 4. The molecule has 4 nitrogen and oxygen atoms in total. The maximum atomic E-state index is 4.43. The lowest BCUT2D eigenvalue weighted by molar-refractivity contribution is 0.198. The van der Waals surface area contributed by atoms with Crippen LogP contribution in [0.1, 0.15) is 25.7 Å². The van der Waals surface area contributed by atoms with Crippen molar-refractivity contribution in [3.63, 3.8) is 0 Å². The van der Waals surface area contributed by atoms with Crippen LogP contribution in [0.4, 0.5) is 5.95 Å². The van der Waals surface area contributed by atoms with Gasteiger partial charge in [0.05, 0.1) is 0 Å². The number of piperidine rings is 1. The zero-order chi connectivity index (χ0) is 12.4. The highest BCUT2D eigenvalue weighted by molar-refractivity contribution is 5.32. The van der Waals surface area contributed by atoms with E-state index in [1.807, 2.05) is 18.5 Å². The van der Waals surface area contributed by atoms with E-state index in [1.54, 1.807) is 0 Å². The number of anilines is 1. The van der Waals surface area contributed by atoms with Gasteiger partial charge in [-0.15, -0.1) is 0 Å². The number of rotatable bonds is 2. The van der Waals surface area contributed by atoms with Crippen molar-refractivity contribution >= 4 is 5.95 Å². The lowest BCUT2D eigenvalue weighted by atomic mass is 9.88. The lowest BCUT2D eigenvalue weighted by Crippen LogP contribution is -2.42. The molecule has 1 atom stereocenters. The van der Waals surface area contributed by atoms with Crippen molar-refractivity contribution in [2.75, 3.05) is 31.6 Å². The molecule has 2 fully saturated rings. The largest absolute Gasteiger partial charge is 0.338 e. The molecule has 0 N–H and O–H groups in total. The molecular weight excluding hydrogens is 224 g/mol. The highest BCUT2D eigenvalue weighted by atomic mass is 15.3. The van der Waals surface area contributed by atoms with E-state index in [-0.39, 0.29) is 0 Å². The van der Waals surface area contributed by atoms with Gasteiger partial charge in [-0.05, 0) is 57.8 Å². The molecule has 0 aliphatic carbocycles. The summed E-state index contributed by atoms with van der Waals surface area (Å²) in [4.78, 5) is 13.7. The van der Waals surface area contributed by atoms with Crippen LogP contribution in [0.15, 0.2) is 18.5 Å². The van der Waals surface area contributed by atoms with Crippen molar-refractivity contribution < 1.29 is 0 Å². The summed E-state index contributed by atoms with van der Waals surface area (Å²) in [6, 6.07) is 2.56. The summed E-state index contributed by atoms with van der Waals surface area (Å²) < 4.78 is 0. The Hall–Kier alpha value is -1.16. The van der Waals surface area contributed by atoms with Gasteiger partial charge in [-0.1, -0.05) is 0 Å².